The van der Waals surface area contributed by atoms with Gasteiger partial charge in [0.25, 0.3) is 0 Å². The second-order valence-electron chi connectivity index (χ2n) is 2.85. The number of amides is 1. The highest BCUT2D eigenvalue weighted by Gasteiger charge is 2.01. The molecule has 0 bridgehead atoms. The Bertz CT molecular complexity index is 380. The third-order valence-corrected chi connectivity index (χ3v) is 1.87. The van der Waals surface area contributed by atoms with Crippen molar-refractivity contribution in [2.24, 2.45) is 0 Å². The van der Waals surface area contributed by atoms with E-state index < -0.39 is 11.6 Å². The van der Waals surface area contributed by atoms with E-state index in [4.69, 9.17) is 12.2 Å². The van der Waals surface area contributed by atoms with Gasteiger partial charge in [0, 0.05) is 12.6 Å². The first-order valence-corrected chi connectivity index (χ1v) is 4.70. The summed E-state index contributed by atoms with van der Waals surface area (Å²) >= 11 is 4.75. The first-order valence-electron chi connectivity index (χ1n) is 4.30. The number of nitrogens with one attached hydrogen (secondary N) is 3. The Morgan fingerprint density at radius 1 is 1.31 bits per heavy atom. The summed E-state index contributed by atoms with van der Waals surface area (Å²) in [6, 6.07) is 3.16. The van der Waals surface area contributed by atoms with Gasteiger partial charge in [-0.15, -0.1) is 0 Å². The second-order valence-corrected chi connectivity index (χ2v) is 3.26. The van der Waals surface area contributed by atoms with Crippen molar-refractivity contribution in [3.63, 3.8) is 0 Å². The number of hydrogen-bond donors (Lipinski definition) is 3. The van der Waals surface area contributed by atoms with Gasteiger partial charge in [0.1, 0.15) is 11.6 Å². The van der Waals surface area contributed by atoms with Crippen molar-refractivity contribution in [3.8, 4) is 0 Å². The molecule has 0 saturated heterocycles. The Kier molecular flexibility index (Phi) is 4.59. The number of hydrazine groups is 1. The Labute approximate surface area is 96.0 Å². The fourth-order valence-corrected chi connectivity index (χ4v) is 1.17. The molecule has 86 valence electrons. The highest BCUT2D eigenvalue weighted by Crippen LogP contribution is 2.07. The summed E-state index contributed by atoms with van der Waals surface area (Å²) in [7, 11) is 0. The van der Waals surface area contributed by atoms with Gasteiger partial charge in [0.05, 0.1) is 0 Å². The predicted octanol–water partition coefficient (Wildman–Crippen LogP) is 0.590. The maximum atomic E-state index is 12.8. The van der Waals surface area contributed by atoms with Crippen LogP contribution in [0.3, 0.4) is 0 Å². The van der Waals surface area contributed by atoms with E-state index in [0.29, 0.717) is 12.0 Å². The van der Waals surface area contributed by atoms with Gasteiger partial charge in [0.2, 0.25) is 6.41 Å². The summed E-state index contributed by atoms with van der Waals surface area (Å²) in [5.74, 6) is -1.30. The van der Waals surface area contributed by atoms with Crippen LogP contribution in [0.15, 0.2) is 18.2 Å². The number of thiocarbonyl (C=S) groups is 1. The topological polar surface area (TPSA) is 53.2 Å². The summed E-state index contributed by atoms with van der Waals surface area (Å²) in [5, 5.41) is 2.80. The molecule has 1 aromatic rings. The molecule has 0 aliphatic rings. The molecule has 0 spiro atoms. The van der Waals surface area contributed by atoms with E-state index in [2.05, 4.69) is 16.2 Å². The molecular formula is C9H9F2N3OS. The highest BCUT2D eigenvalue weighted by molar-refractivity contribution is 7.80. The fraction of sp³-hybridized carbons (Fsp3) is 0.111. The lowest BCUT2D eigenvalue weighted by molar-refractivity contribution is -0.110. The zero-order chi connectivity index (χ0) is 12.0. The quantitative estimate of drug-likeness (QED) is 0.413. The Morgan fingerprint density at radius 3 is 2.50 bits per heavy atom. The minimum atomic E-state index is -0.651. The van der Waals surface area contributed by atoms with Crippen LogP contribution in [0.1, 0.15) is 5.56 Å². The monoisotopic (exact) mass is 245 g/mol. The van der Waals surface area contributed by atoms with Gasteiger partial charge in [-0.2, -0.15) is 0 Å². The van der Waals surface area contributed by atoms with E-state index in [1.165, 1.54) is 12.1 Å². The minimum absolute atomic E-state index is 0.150. The van der Waals surface area contributed by atoms with Gasteiger partial charge in [-0.05, 0) is 29.9 Å². The number of carbonyl (C=O) groups excluding carboxylic acids is 1. The fourth-order valence-electron chi connectivity index (χ4n) is 1.03. The zero-order valence-electron chi connectivity index (χ0n) is 8.09. The van der Waals surface area contributed by atoms with Crippen molar-refractivity contribution >= 4 is 23.7 Å². The summed E-state index contributed by atoms with van der Waals surface area (Å²) in [4.78, 5) is 9.91. The second kappa shape index (κ2) is 5.96. The Hall–Kier alpha value is -1.76. The van der Waals surface area contributed by atoms with E-state index in [-0.39, 0.29) is 11.7 Å². The molecular weight excluding hydrogens is 236 g/mol. The van der Waals surface area contributed by atoms with E-state index in [9.17, 15) is 13.6 Å². The molecule has 0 radical (unpaired) electrons. The zero-order valence-corrected chi connectivity index (χ0v) is 8.91. The molecule has 1 aromatic carbocycles. The normalized spacial score (nSPS) is 9.38. The lowest BCUT2D eigenvalue weighted by Gasteiger charge is -2.09. The Balaban J connectivity index is 2.47. The lowest BCUT2D eigenvalue weighted by atomic mass is 10.2. The van der Waals surface area contributed by atoms with Crippen LogP contribution in [-0.2, 0) is 11.3 Å². The molecule has 7 heteroatoms. The highest BCUT2D eigenvalue weighted by atomic mass is 32.1. The van der Waals surface area contributed by atoms with Crippen LogP contribution >= 0.6 is 12.2 Å². The van der Waals surface area contributed by atoms with Gasteiger partial charge in [-0.25, -0.2) is 8.78 Å². The molecule has 0 aromatic heterocycles. The van der Waals surface area contributed by atoms with Crippen molar-refractivity contribution in [2.75, 3.05) is 0 Å². The van der Waals surface area contributed by atoms with Gasteiger partial charge in [-0.1, -0.05) is 0 Å². The van der Waals surface area contributed by atoms with Crippen molar-refractivity contribution in [3.05, 3.63) is 35.4 Å². The number of rotatable bonds is 4. The summed E-state index contributed by atoms with van der Waals surface area (Å²) < 4.78 is 25.6. The molecule has 16 heavy (non-hydrogen) atoms. The number of benzene rings is 1. The smallest absolute Gasteiger partial charge is 0.225 e. The average Bonchev–Trinajstić information content (AvgIpc) is 2.22. The van der Waals surface area contributed by atoms with Gasteiger partial charge in [-0.3, -0.25) is 15.6 Å². The first-order chi connectivity index (χ1) is 7.61. The van der Waals surface area contributed by atoms with Crippen LogP contribution in [0.25, 0.3) is 0 Å². The van der Waals surface area contributed by atoms with Crippen molar-refractivity contribution in [2.45, 2.75) is 6.54 Å². The standard InChI is InChI=1S/C9H9F2N3OS/c10-7-1-6(2-8(11)3-7)4-12-9(16)14-13-5-15/h1-3,5H,4H2,(H,13,15)(H2,12,14,16). The van der Waals surface area contributed by atoms with Gasteiger partial charge >= 0.3 is 0 Å². The molecule has 0 aliphatic heterocycles. The van der Waals surface area contributed by atoms with Crippen molar-refractivity contribution in [1.82, 2.24) is 16.2 Å². The van der Waals surface area contributed by atoms with Crippen LogP contribution < -0.4 is 16.2 Å². The van der Waals surface area contributed by atoms with Gasteiger partial charge < -0.3 is 5.32 Å². The SMILES string of the molecule is O=CNNC(=S)NCc1cc(F)cc(F)c1. The van der Waals surface area contributed by atoms with Crippen LogP contribution in [-0.4, -0.2) is 11.5 Å². The largest absolute Gasteiger partial charge is 0.357 e. The number of hydrogen-bond acceptors (Lipinski definition) is 2. The van der Waals surface area contributed by atoms with E-state index in [1.807, 2.05) is 0 Å². The molecule has 0 aliphatic carbocycles. The molecule has 0 atom stereocenters. The minimum Gasteiger partial charge on any atom is -0.357 e. The molecule has 1 rings (SSSR count). The van der Waals surface area contributed by atoms with E-state index >= 15 is 0 Å². The average molecular weight is 245 g/mol. The van der Waals surface area contributed by atoms with Crippen LogP contribution in [0.4, 0.5) is 8.78 Å². The maximum absolute atomic E-state index is 12.8. The summed E-state index contributed by atoms with van der Waals surface area (Å²) in [6.45, 7) is 0.154. The molecule has 0 fully saturated rings. The molecule has 0 unspecified atom stereocenters. The summed E-state index contributed by atoms with van der Waals surface area (Å²) in [5.41, 5.74) is 4.88. The van der Waals surface area contributed by atoms with Crippen molar-refractivity contribution < 1.29 is 13.6 Å². The van der Waals surface area contributed by atoms with E-state index in [1.54, 1.807) is 0 Å². The maximum Gasteiger partial charge on any atom is 0.225 e. The molecule has 0 heterocycles. The van der Waals surface area contributed by atoms with Crippen LogP contribution in [0.2, 0.25) is 0 Å². The van der Waals surface area contributed by atoms with Crippen molar-refractivity contribution in [1.29, 1.82) is 0 Å². The molecule has 0 saturated carbocycles. The molecule has 3 N–H and O–H groups in total. The van der Waals surface area contributed by atoms with Crippen LogP contribution in [0.5, 0.6) is 0 Å². The first kappa shape index (κ1) is 12.3. The predicted molar refractivity (Wildman–Crippen MR) is 58.1 cm³/mol. The van der Waals surface area contributed by atoms with E-state index in [0.717, 1.165) is 6.07 Å². The number of halogens is 2. The third kappa shape index (κ3) is 4.18. The Morgan fingerprint density at radius 2 is 1.94 bits per heavy atom. The van der Waals surface area contributed by atoms with Crippen LogP contribution in [0, 0.1) is 11.6 Å². The number of carbonyl (C=O) groups is 1. The summed E-state index contributed by atoms with van der Waals surface area (Å²) in [6.07, 6.45) is 0.413. The lowest BCUT2D eigenvalue weighted by Crippen LogP contribution is -2.42. The molecule has 4 nitrogen and oxygen atoms in total. The third-order valence-electron chi connectivity index (χ3n) is 1.62. The van der Waals surface area contributed by atoms with Gasteiger partial charge in [0.15, 0.2) is 5.11 Å². The molecule has 1 amide bonds.